The Hall–Kier alpha value is 0.394. The molecule has 0 unspecified atom stereocenters. The Kier molecular flexibility index (Phi) is 4.01. The molecule has 0 saturated carbocycles. The first kappa shape index (κ1) is 11.4. The van der Waals surface area contributed by atoms with Gasteiger partial charge in [-0.1, -0.05) is 26.6 Å². The number of rotatable bonds is 4. The standard InChI is InChI=1S/C8H22OSi2/c1-7-11(5,6)9-8-10(2,3)4/h7-8H2,1-6H3. The van der Waals surface area contributed by atoms with Crippen molar-refractivity contribution in [3.05, 3.63) is 0 Å². The van der Waals surface area contributed by atoms with Crippen molar-refractivity contribution in [3.8, 4) is 0 Å². The highest BCUT2D eigenvalue weighted by Gasteiger charge is 2.23. The van der Waals surface area contributed by atoms with Gasteiger partial charge in [-0.05, 0) is 19.1 Å². The van der Waals surface area contributed by atoms with Crippen LogP contribution in [0.4, 0.5) is 0 Å². The minimum atomic E-state index is -1.25. The van der Waals surface area contributed by atoms with Gasteiger partial charge in [-0.25, -0.2) is 0 Å². The lowest BCUT2D eigenvalue weighted by molar-refractivity contribution is 0.368. The minimum absolute atomic E-state index is 0.971. The van der Waals surface area contributed by atoms with Gasteiger partial charge in [0.1, 0.15) is 0 Å². The normalized spacial score (nSPS) is 13.6. The molecule has 1 nitrogen and oxygen atoms in total. The molecular formula is C8H22OSi2. The molecule has 0 aromatic heterocycles. The fraction of sp³-hybridized carbons (Fsp3) is 1.00. The van der Waals surface area contributed by atoms with Crippen LogP contribution >= 0.6 is 0 Å². The average Bonchev–Trinajstić information content (AvgIpc) is 1.83. The van der Waals surface area contributed by atoms with Crippen LogP contribution < -0.4 is 0 Å². The third-order valence-corrected chi connectivity index (χ3v) is 5.68. The second-order valence-electron chi connectivity index (χ2n) is 4.96. The molecule has 0 saturated heterocycles. The van der Waals surface area contributed by atoms with E-state index in [1.54, 1.807) is 0 Å². The largest absolute Gasteiger partial charge is 0.421 e. The SMILES string of the molecule is CC[Si](C)(C)OC[Si](C)(C)C. The van der Waals surface area contributed by atoms with Crippen LogP contribution in [0.5, 0.6) is 0 Å². The highest BCUT2D eigenvalue weighted by molar-refractivity contribution is 6.78. The average molecular weight is 190 g/mol. The first-order valence-electron chi connectivity index (χ1n) is 4.41. The fourth-order valence-electron chi connectivity index (χ4n) is 0.514. The topological polar surface area (TPSA) is 9.23 Å². The van der Waals surface area contributed by atoms with E-state index in [1.165, 1.54) is 6.04 Å². The van der Waals surface area contributed by atoms with Gasteiger partial charge in [0.2, 0.25) is 0 Å². The van der Waals surface area contributed by atoms with Crippen molar-refractivity contribution in [2.75, 3.05) is 6.23 Å². The van der Waals surface area contributed by atoms with E-state index in [2.05, 4.69) is 39.7 Å². The van der Waals surface area contributed by atoms with E-state index in [0.717, 1.165) is 6.23 Å². The van der Waals surface area contributed by atoms with Gasteiger partial charge in [0.05, 0.1) is 8.07 Å². The zero-order valence-corrected chi connectivity index (χ0v) is 10.8. The predicted molar refractivity (Wildman–Crippen MR) is 57.3 cm³/mol. The van der Waals surface area contributed by atoms with E-state index < -0.39 is 16.4 Å². The fourth-order valence-corrected chi connectivity index (χ4v) is 4.01. The first-order valence-corrected chi connectivity index (χ1v) is 11.2. The minimum Gasteiger partial charge on any atom is -0.421 e. The van der Waals surface area contributed by atoms with Gasteiger partial charge in [-0.2, -0.15) is 0 Å². The van der Waals surface area contributed by atoms with E-state index in [0.29, 0.717) is 0 Å². The Balaban J connectivity index is 3.70. The first-order chi connectivity index (χ1) is 4.77. The monoisotopic (exact) mass is 190 g/mol. The Bertz CT molecular complexity index is 116. The summed E-state index contributed by atoms with van der Waals surface area (Å²) in [5.41, 5.74) is 0. The van der Waals surface area contributed by atoms with Gasteiger partial charge in [0, 0.05) is 6.23 Å². The van der Waals surface area contributed by atoms with E-state index >= 15 is 0 Å². The molecule has 0 atom stereocenters. The van der Waals surface area contributed by atoms with E-state index in [1.807, 2.05) is 0 Å². The molecule has 0 rings (SSSR count). The summed E-state index contributed by atoms with van der Waals surface area (Å²) in [6.07, 6.45) is 1.04. The molecular weight excluding hydrogens is 168 g/mol. The van der Waals surface area contributed by atoms with Crippen LogP contribution in [0.15, 0.2) is 0 Å². The predicted octanol–water partition coefficient (Wildman–Crippen LogP) is 3.11. The number of hydrogen-bond donors (Lipinski definition) is 0. The molecule has 0 fully saturated rings. The van der Waals surface area contributed by atoms with Gasteiger partial charge >= 0.3 is 0 Å². The van der Waals surface area contributed by atoms with Crippen LogP contribution in [-0.4, -0.2) is 22.6 Å². The van der Waals surface area contributed by atoms with Crippen molar-refractivity contribution < 1.29 is 4.43 Å². The maximum Gasteiger partial charge on any atom is 0.185 e. The lowest BCUT2D eigenvalue weighted by Crippen LogP contribution is -2.38. The van der Waals surface area contributed by atoms with Gasteiger partial charge in [-0.3, -0.25) is 0 Å². The van der Waals surface area contributed by atoms with Crippen molar-refractivity contribution in [2.24, 2.45) is 0 Å². The molecule has 11 heavy (non-hydrogen) atoms. The smallest absolute Gasteiger partial charge is 0.185 e. The summed E-state index contributed by atoms with van der Waals surface area (Å²) in [5, 5.41) is 0. The molecule has 0 N–H and O–H groups in total. The molecule has 0 aliphatic carbocycles. The molecule has 68 valence electrons. The van der Waals surface area contributed by atoms with Crippen LogP contribution in [0, 0.1) is 0 Å². The summed E-state index contributed by atoms with van der Waals surface area (Å²) in [6.45, 7) is 13.9. The van der Waals surface area contributed by atoms with Crippen LogP contribution in [0.2, 0.25) is 38.8 Å². The van der Waals surface area contributed by atoms with Crippen LogP contribution in [0.3, 0.4) is 0 Å². The Labute approximate surface area is 73.3 Å². The molecule has 0 aliphatic rings. The third kappa shape index (κ3) is 6.78. The van der Waals surface area contributed by atoms with E-state index in [4.69, 9.17) is 4.43 Å². The summed E-state index contributed by atoms with van der Waals surface area (Å²) in [4.78, 5) is 0. The molecule has 0 aromatic rings. The van der Waals surface area contributed by atoms with E-state index in [9.17, 15) is 0 Å². The quantitative estimate of drug-likeness (QED) is 0.619. The van der Waals surface area contributed by atoms with Crippen molar-refractivity contribution in [2.45, 2.75) is 45.7 Å². The van der Waals surface area contributed by atoms with Crippen molar-refractivity contribution in [1.82, 2.24) is 0 Å². The second-order valence-corrected chi connectivity index (χ2v) is 14.9. The summed E-state index contributed by atoms with van der Waals surface area (Å²) in [6, 6.07) is 1.23. The molecule has 3 heteroatoms. The van der Waals surface area contributed by atoms with Crippen molar-refractivity contribution in [3.63, 3.8) is 0 Å². The Morgan fingerprint density at radius 1 is 1.00 bits per heavy atom. The van der Waals surface area contributed by atoms with Crippen LogP contribution in [-0.2, 0) is 4.43 Å². The molecule has 0 aromatic carbocycles. The summed E-state index contributed by atoms with van der Waals surface area (Å²) < 4.78 is 5.94. The van der Waals surface area contributed by atoms with Gasteiger partial charge < -0.3 is 4.43 Å². The molecule has 0 amide bonds. The maximum absolute atomic E-state index is 5.94. The highest BCUT2D eigenvalue weighted by Crippen LogP contribution is 2.12. The zero-order chi connectivity index (χ0) is 9.12. The third-order valence-electron chi connectivity index (χ3n) is 1.75. The summed E-state index contributed by atoms with van der Waals surface area (Å²) >= 11 is 0. The maximum atomic E-state index is 5.94. The zero-order valence-electron chi connectivity index (χ0n) is 8.82. The lowest BCUT2D eigenvalue weighted by atomic mass is 11.0. The molecule has 0 radical (unpaired) electrons. The lowest BCUT2D eigenvalue weighted by Gasteiger charge is -2.26. The molecule has 0 heterocycles. The van der Waals surface area contributed by atoms with Crippen LogP contribution in [0.1, 0.15) is 6.92 Å². The Morgan fingerprint density at radius 2 is 1.45 bits per heavy atom. The summed E-state index contributed by atoms with van der Waals surface area (Å²) in [7, 11) is -2.22. The van der Waals surface area contributed by atoms with Gasteiger partial charge in [-0.15, -0.1) is 0 Å². The van der Waals surface area contributed by atoms with Gasteiger partial charge in [0.25, 0.3) is 0 Å². The second kappa shape index (κ2) is 3.87. The van der Waals surface area contributed by atoms with E-state index in [-0.39, 0.29) is 0 Å². The van der Waals surface area contributed by atoms with Crippen molar-refractivity contribution in [1.29, 1.82) is 0 Å². The molecule has 0 spiro atoms. The Morgan fingerprint density at radius 3 is 1.73 bits per heavy atom. The summed E-state index contributed by atoms with van der Waals surface area (Å²) in [5.74, 6) is 0. The van der Waals surface area contributed by atoms with Crippen LogP contribution in [0.25, 0.3) is 0 Å². The van der Waals surface area contributed by atoms with Crippen molar-refractivity contribution >= 4 is 16.4 Å². The molecule has 0 bridgehead atoms. The van der Waals surface area contributed by atoms with Gasteiger partial charge in [0.15, 0.2) is 8.32 Å². The highest BCUT2D eigenvalue weighted by atomic mass is 28.4. The number of hydrogen-bond acceptors (Lipinski definition) is 1. The molecule has 0 aliphatic heterocycles.